The van der Waals surface area contributed by atoms with Crippen LogP contribution in [-0.4, -0.2) is 33.7 Å². The molecule has 0 aliphatic rings. The van der Waals surface area contributed by atoms with Gasteiger partial charge in [-0.25, -0.2) is 4.79 Å². The molecule has 2 aromatic carbocycles. The van der Waals surface area contributed by atoms with Gasteiger partial charge >= 0.3 is 6.03 Å². The Hall–Kier alpha value is -3.42. The van der Waals surface area contributed by atoms with Crippen LogP contribution in [0.3, 0.4) is 0 Å². The average molecular weight is 344 g/mol. The zero-order valence-electron chi connectivity index (χ0n) is 14.2. The second-order valence-electron chi connectivity index (χ2n) is 4.92. The lowest BCUT2D eigenvalue weighted by Gasteiger charge is -2.14. The summed E-state index contributed by atoms with van der Waals surface area (Å²) in [5.74, 6) is 1.11. The first-order valence-electron chi connectivity index (χ1n) is 7.43. The lowest BCUT2D eigenvalue weighted by Crippen LogP contribution is -2.20. The third-order valence-electron chi connectivity index (χ3n) is 3.42. The highest BCUT2D eigenvalue weighted by molar-refractivity contribution is 6.01. The summed E-state index contributed by atoms with van der Waals surface area (Å²) < 4.78 is 10.4. The normalized spacial score (nSPS) is 9.72. The van der Waals surface area contributed by atoms with Crippen LogP contribution in [0.5, 0.6) is 11.5 Å². The third-order valence-corrected chi connectivity index (χ3v) is 3.42. The van der Waals surface area contributed by atoms with E-state index in [1.54, 1.807) is 50.6 Å². The van der Waals surface area contributed by atoms with Gasteiger partial charge in [0.1, 0.15) is 11.5 Å². The number of hydrogen-bond acceptors (Lipinski definition) is 5. The van der Waals surface area contributed by atoms with Crippen LogP contribution in [0.25, 0.3) is 0 Å². The lowest BCUT2D eigenvalue weighted by atomic mass is 10.2. The molecule has 3 amide bonds. The molecule has 2 aromatic rings. The van der Waals surface area contributed by atoms with E-state index in [-0.39, 0.29) is 0 Å². The van der Waals surface area contributed by atoms with Gasteiger partial charge in [-0.15, -0.1) is 0 Å². The Bertz CT molecular complexity index is 764. The fourth-order valence-corrected chi connectivity index (χ4v) is 2.21. The van der Waals surface area contributed by atoms with Crippen molar-refractivity contribution in [1.29, 1.82) is 0 Å². The van der Waals surface area contributed by atoms with Crippen LogP contribution in [0.1, 0.15) is 0 Å². The van der Waals surface area contributed by atoms with Crippen LogP contribution in [0.2, 0.25) is 0 Å². The summed E-state index contributed by atoms with van der Waals surface area (Å²) in [6.07, 6.45) is 0.588. The van der Waals surface area contributed by atoms with Crippen LogP contribution in [-0.2, 0) is 4.79 Å². The molecule has 4 N–H and O–H groups in total. The molecule has 0 saturated heterocycles. The van der Waals surface area contributed by atoms with Gasteiger partial charge in [-0.3, -0.25) is 4.79 Å². The largest absolute Gasteiger partial charge is 0.497 e. The van der Waals surface area contributed by atoms with E-state index in [0.29, 0.717) is 40.7 Å². The van der Waals surface area contributed by atoms with Gasteiger partial charge in [-0.2, -0.15) is 0 Å². The number of rotatable bonds is 7. The summed E-state index contributed by atoms with van der Waals surface area (Å²) in [6, 6.07) is 9.72. The monoisotopic (exact) mass is 344 g/mol. The Morgan fingerprint density at radius 1 is 0.960 bits per heavy atom. The number of urea groups is 1. The van der Waals surface area contributed by atoms with Gasteiger partial charge in [0.25, 0.3) is 0 Å². The molecule has 0 atom stereocenters. The third kappa shape index (κ3) is 4.54. The van der Waals surface area contributed by atoms with Crippen molar-refractivity contribution in [1.82, 2.24) is 0 Å². The number of carbonyl (C=O) groups excluding carboxylic acids is 2. The smallest absolute Gasteiger partial charge is 0.323 e. The van der Waals surface area contributed by atoms with Crippen molar-refractivity contribution in [2.24, 2.45) is 0 Å². The molecule has 0 aliphatic carbocycles. The van der Waals surface area contributed by atoms with E-state index in [0.717, 1.165) is 0 Å². The molecular formula is C17H20N4O4. The van der Waals surface area contributed by atoms with Gasteiger partial charge in [0.2, 0.25) is 6.41 Å². The maximum atomic E-state index is 12.2. The van der Waals surface area contributed by atoms with Gasteiger partial charge in [-0.05, 0) is 30.3 Å². The predicted octanol–water partition coefficient (Wildman–Crippen LogP) is 2.96. The van der Waals surface area contributed by atoms with Crippen molar-refractivity contribution >= 4 is 35.2 Å². The number of amides is 3. The minimum absolute atomic E-state index is 0.440. The Kier molecular flexibility index (Phi) is 6.05. The zero-order chi connectivity index (χ0) is 18.2. The van der Waals surface area contributed by atoms with Crippen molar-refractivity contribution < 1.29 is 19.1 Å². The molecule has 132 valence electrons. The van der Waals surface area contributed by atoms with Gasteiger partial charge in [-0.1, -0.05) is 0 Å². The Balaban J connectivity index is 2.14. The van der Waals surface area contributed by atoms with Crippen LogP contribution >= 0.6 is 0 Å². The van der Waals surface area contributed by atoms with Crippen molar-refractivity contribution in [2.75, 3.05) is 42.5 Å². The molecule has 8 nitrogen and oxygen atoms in total. The first-order valence-corrected chi connectivity index (χ1v) is 7.43. The van der Waals surface area contributed by atoms with Gasteiger partial charge in [0.15, 0.2) is 0 Å². The molecule has 0 spiro atoms. The van der Waals surface area contributed by atoms with Crippen molar-refractivity contribution in [3.05, 3.63) is 36.4 Å². The fraction of sp³-hybridized carbons (Fsp3) is 0.176. The number of hydrogen-bond donors (Lipinski definition) is 4. The summed E-state index contributed by atoms with van der Waals surface area (Å²) in [7, 11) is 4.78. The average Bonchev–Trinajstić information content (AvgIpc) is 2.62. The van der Waals surface area contributed by atoms with Gasteiger partial charge in [0.05, 0.1) is 31.3 Å². The highest BCUT2D eigenvalue weighted by atomic mass is 16.5. The maximum Gasteiger partial charge on any atom is 0.323 e. The number of anilines is 4. The molecule has 0 aliphatic heterocycles. The van der Waals surface area contributed by atoms with Crippen molar-refractivity contribution in [2.45, 2.75) is 0 Å². The molecule has 0 radical (unpaired) electrons. The number of carbonyl (C=O) groups is 2. The molecule has 8 heteroatoms. The summed E-state index contributed by atoms with van der Waals surface area (Å²) in [4.78, 5) is 22.8. The van der Waals surface area contributed by atoms with E-state index in [1.807, 2.05) is 0 Å². The molecule has 0 heterocycles. The molecule has 0 unspecified atom stereocenters. The van der Waals surface area contributed by atoms with E-state index in [4.69, 9.17) is 9.47 Å². The Morgan fingerprint density at radius 3 is 2.40 bits per heavy atom. The van der Waals surface area contributed by atoms with E-state index in [2.05, 4.69) is 21.3 Å². The summed E-state index contributed by atoms with van der Waals surface area (Å²) in [6.45, 7) is 0. The number of benzene rings is 2. The zero-order valence-corrected chi connectivity index (χ0v) is 14.2. The number of nitrogens with one attached hydrogen (secondary N) is 4. The Labute approximate surface area is 145 Å². The highest BCUT2D eigenvalue weighted by Crippen LogP contribution is 2.29. The Morgan fingerprint density at radius 2 is 1.76 bits per heavy atom. The second-order valence-corrected chi connectivity index (χ2v) is 4.92. The van der Waals surface area contributed by atoms with Crippen molar-refractivity contribution in [3.8, 4) is 11.5 Å². The summed E-state index contributed by atoms with van der Waals surface area (Å²) in [5, 5.41) is 11.0. The van der Waals surface area contributed by atoms with Crippen LogP contribution in [0, 0.1) is 0 Å². The molecule has 0 aromatic heterocycles. The molecular weight excluding hydrogens is 324 g/mol. The van der Waals surface area contributed by atoms with Crippen molar-refractivity contribution in [3.63, 3.8) is 0 Å². The molecule has 0 saturated carbocycles. The molecule has 25 heavy (non-hydrogen) atoms. The van der Waals surface area contributed by atoms with E-state index >= 15 is 0 Å². The second kappa shape index (κ2) is 8.44. The molecule has 2 rings (SSSR count). The first-order chi connectivity index (χ1) is 12.1. The number of methoxy groups -OCH3 is 2. The highest BCUT2D eigenvalue weighted by Gasteiger charge is 2.10. The van der Waals surface area contributed by atoms with Crippen LogP contribution < -0.4 is 30.7 Å². The topological polar surface area (TPSA) is 101 Å². The van der Waals surface area contributed by atoms with E-state index in [9.17, 15) is 9.59 Å². The number of ether oxygens (including phenoxy) is 2. The van der Waals surface area contributed by atoms with Crippen LogP contribution in [0.4, 0.5) is 27.5 Å². The van der Waals surface area contributed by atoms with Gasteiger partial charge < -0.3 is 30.7 Å². The van der Waals surface area contributed by atoms with Gasteiger partial charge in [0, 0.05) is 18.8 Å². The minimum Gasteiger partial charge on any atom is -0.497 e. The minimum atomic E-state index is -0.440. The van der Waals surface area contributed by atoms with E-state index in [1.165, 1.54) is 7.11 Å². The quantitative estimate of drug-likeness (QED) is 0.579. The standard InChI is InChI=1S/C17H20N4O4/c1-18-14-8-11(4-6-13(14)19-10-22)20-17(23)21-15-9-12(24-2)5-7-16(15)25-3/h4-10,18H,1-3H3,(H,19,22)(H2,20,21,23). The fourth-order valence-electron chi connectivity index (χ4n) is 2.21. The summed E-state index contributed by atoms with van der Waals surface area (Å²) >= 11 is 0. The SMILES string of the molecule is CNc1cc(NC(=O)Nc2cc(OC)ccc2OC)ccc1NC=O. The first kappa shape index (κ1) is 17.9. The van der Waals surface area contributed by atoms with E-state index < -0.39 is 6.03 Å². The van der Waals surface area contributed by atoms with Crippen LogP contribution in [0.15, 0.2) is 36.4 Å². The molecule has 0 bridgehead atoms. The lowest BCUT2D eigenvalue weighted by molar-refractivity contribution is -0.105. The maximum absolute atomic E-state index is 12.2. The molecule has 0 fully saturated rings. The predicted molar refractivity (Wildman–Crippen MR) is 97.9 cm³/mol. The summed E-state index contributed by atoms with van der Waals surface area (Å²) in [5.41, 5.74) is 2.31.